The molecule has 4 aromatic carbocycles. The van der Waals surface area contributed by atoms with Crippen LogP contribution in [-0.4, -0.2) is 18.2 Å². The highest BCUT2D eigenvalue weighted by Crippen LogP contribution is 2.28. The lowest BCUT2D eigenvalue weighted by molar-refractivity contribution is 0.0472. The fraction of sp³-hybridized carbons (Fsp3) is 0.115. The predicted molar refractivity (Wildman–Crippen MR) is 117 cm³/mol. The Labute approximate surface area is 175 Å². The van der Waals surface area contributed by atoms with Gasteiger partial charge in [-0.3, -0.25) is 0 Å². The van der Waals surface area contributed by atoms with Crippen LogP contribution in [0.15, 0.2) is 91.0 Å². The average Bonchev–Trinajstić information content (AvgIpc) is 2.82. The van der Waals surface area contributed by atoms with Crippen LogP contribution in [0.1, 0.15) is 33.2 Å². The maximum atomic E-state index is 12.3. The van der Waals surface area contributed by atoms with E-state index in [9.17, 15) is 9.90 Å². The monoisotopic (exact) mass is 398 g/mol. The SMILES string of the molecule is COc1ccc2cc(C(O)c3ccc(C(=O)OCc4ccccc4)cc3)ccc2c1. The van der Waals surface area contributed by atoms with E-state index in [4.69, 9.17) is 9.47 Å². The third kappa shape index (κ3) is 4.34. The van der Waals surface area contributed by atoms with Crippen molar-refractivity contribution in [2.24, 2.45) is 0 Å². The van der Waals surface area contributed by atoms with Gasteiger partial charge in [0.1, 0.15) is 18.5 Å². The molecular weight excluding hydrogens is 376 g/mol. The zero-order valence-corrected chi connectivity index (χ0v) is 16.6. The Bertz CT molecular complexity index is 1150. The molecule has 30 heavy (non-hydrogen) atoms. The number of fused-ring (bicyclic) bond motifs is 1. The lowest BCUT2D eigenvalue weighted by atomic mass is 9.98. The van der Waals surface area contributed by atoms with Gasteiger partial charge in [-0.05, 0) is 57.8 Å². The Kier molecular flexibility index (Phi) is 5.77. The number of esters is 1. The van der Waals surface area contributed by atoms with Gasteiger partial charge in [0, 0.05) is 0 Å². The van der Waals surface area contributed by atoms with Crippen molar-refractivity contribution >= 4 is 16.7 Å². The summed E-state index contributed by atoms with van der Waals surface area (Å²) < 4.78 is 10.6. The predicted octanol–water partition coefficient (Wildman–Crippen LogP) is 5.29. The largest absolute Gasteiger partial charge is 0.497 e. The highest BCUT2D eigenvalue weighted by atomic mass is 16.5. The standard InChI is InChI=1S/C26H22O4/c1-29-24-14-13-21-15-23(12-11-22(21)16-24)25(27)19-7-9-20(10-8-19)26(28)30-17-18-5-3-2-4-6-18/h2-16,25,27H,17H2,1H3. The normalized spacial score (nSPS) is 11.8. The molecule has 4 rings (SSSR count). The third-order valence-electron chi connectivity index (χ3n) is 5.06. The van der Waals surface area contributed by atoms with Gasteiger partial charge in [-0.15, -0.1) is 0 Å². The number of hydrogen-bond donors (Lipinski definition) is 1. The molecule has 0 spiro atoms. The van der Waals surface area contributed by atoms with Gasteiger partial charge < -0.3 is 14.6 Å². The van der Waals surface area contributed by atoms with Gasteiger partial charge in [0.15, 0.2) is 0 Å². The molecule has 0 saturated heterocycles. The Hall–Kier alpha value is -3.63. The summed E-state index contributed by atoms with van der Waals surface area (Å²) in [5.74, 6) is 0.407. The number of carbonyl (C=O) groups excluding carboxylic acids is 1. The molecule has 0 heterocycles. The van der Waals surface area contributed by atoms with Crippen LogP contribution in [0.25, 0.3) is 10.8 Å². The molecule has 0 aromatic heterocycles. The van der Waals surface area contributed by atoms with Crippen molar-refractivity contribution in [2.45, 2.75) is 12.7 Å². The lowest BCUT2D eigenvalue weighted by Crippen LogP contribution is -2.06. The maximum absolute atomic E-state index is 12.3. The molecule has 0 aliphatic rings. The number of methoxy groups -OCH3 is 1. The molecule has 0 radical (unpaired) electrons. The van der Waals surface area contributed by atoms with Gasteiger partial charge in [0.05, 0.1) is 12.7 Å². The molecule has 4 aromatic rings. The summed E-state index contributed by atoms with van der Waals surface area (Å²) in [4.78, 5) is 12.3. The number of aliphatic hydroxyl groups is 1. The van der Waals surface area contributed by atoms with Crippen LogP contribution in [0.4, 0.5) is 0 Å². The molecule has 0 aliphatic heterocycles. The van der Waals surface area contributed by atoms with Crippen molar-refractivity contribution in [1.29, 1.82) is 0 Å². The van der Waals surface area contributed by atoms with Gasteiger partial charge in [0.25, 0.3) is 0 Å². The number of rotatable bonds is 6. The molecule has 0 saturated carbocycles. The van der Waals surface area contributed by atoms with Gasteiger partial charge in [-0.25, -0.2) is 4.79 Å². The lowest BCUT2D eigenvalue weighted by Gasteiger charge is -2.13. The summed E-state index contributed by atoms with van der Waals surface area (Å²) in [6.45, 7) is 0.228. The van der Waals surface area contributed by atoms with Crippen molar-refractivity contribution in [3.05, 3.63) is 113 Å². The summed E-state index contributed by atoms with van der Waals surface area (Å²) in [7, 11) is 1.64. The second kappa shape index (κ2) is 8.80. The molecule has 4 nitrogen and oxygen atoms in total. The van der Waals surface area contributed by atoms with E-state index in [2.05, 4.69) is 0 Å². The zero-order valence-electron chi connectivity index (χ0n) is 16.6. The first-order chi connectivity index (χ1) is 14.6. The van der Waals surface area contributed by atoms with Gasteiger partial charge in [0.2, 0.25) is 0 Å². The summed E-state index contributed by atoms with van der Waals surface area (Å²) in [5.41, 5.74) is 2.88. The highest BCUT2D eigenvalue weighted by Gasteiger charge is 2.13. The molecule has 150 valence electrons. The first kappa shape index (κ1) is 19.7. The van der Waals surface area contributed by atoms with Crippen LogP contribution >= 0.6 is 0 Å². The van der Waals surface area contributed by atoms with E-state index in [-0.39, 0.29) is 12.6 Å². The Morgan fingerprint density at radius 2 is 1.50 bits per heavy atom. The summed E-state index contributed by atoms with van der Waals surface area (Å²) in [6, 6.07) is 28.1. The summed E-state index contributed by atoms with van der Waals surface area (Å²) in [5, 5.41) is 12.9. The molecule has 4 heteroatoms. The number of carbonyl (C=O) groups is 1. The van der Waals surface area contributed by atoms with Crippen LogP contribution < -0.4 is 4.74 Å². The van der Waals surface area contributed by atoms with Crippen LogP contribution in [-0.2, 0) is 11.3 Å². The number of benzene rings is 4. The minimum atomic E-state index is -0.786. The first-order valence-corrected chi connectivity index (χ1v) is 9.71. The van der Waals surface area contributed by atoms with Crippen molar-refractivity contribution < 1.29 is 19.4 Å². The third-order valence-corrected chi connectivity index (χ3v) is 5.06. The Balaban J connectivity index is 1.46. The maximum Gasteiger partial charge on any atom is 0.338 e. The molecule has 0 fully saturated rings. The average molecular weight is 398 g/mol. The van der Waals surface area contributed by atoms with E-state index < -0.39 is 6.10 Å². The van der Waals surface area contributed by atoms with Crippen molar-refractivity contribution in [1.82, 2.24) is 0 Å². The van der Waals surface area contributed by atoms with Crippen LogP contribution in [0.5, 0.6) is 5.75 Å². The first-order valence-electron chi connectivity index (χ1n) is 9.71. The molecule has 0 amide bonds. The van der Waals surface area contributed by atoms with Crippen LogP contribution in [0, 0.1) is 0 Å². The Morgan fingerprint density at radius 3 is 2.23 bits per heavy atom. The van der Waals surface area contributed by atoms with E-state index in [0.717, 1.165) is 27.6 Å². The highest BCUT2D eigenvalue weighted by molar-refractivity contribution is 5.89. The fourth-order valence-electron chi connectivity index (χ4n) is 3.34. The molecule has 1 atom stereocenters. The molecule has 0 bridgehead atoms. The number of aliphatic hydroxyl groups excluding tert-OH is 1. The van der Waals surface area contributed by atoms with E-state index >= 15 is 0 Å². The van der Waals surface area contributed by atoms with E-state index in [1.807, 2.05) is 66.7 Å². The molecular formula is C26H22O4. The minimum Gasteiger partial charge on any atom is -0.497 e. The molecule has 1 N–H and O–H groups in total. The van der Waals surface area contributed by atoms with Gasteiger partial charge in [-0.1, -0.05) is 60.7 Å². The zero-order chi connectivity index (χ0) is 20.9. The summed E-state index contributed by atoms with van der Waals surface area (Å²) in [6.07, 6.45) is -0.786. The smallest absolute Gasteiger partial charge is 0.338 e. The topological polar surface area (TPSA) is 55.8 Å². The van der Waals surface area contributed by atoms with Crippen molar-refractivity contribution in [3.8, 4) is 5.75 Å². The quantitative estimate of drug-likeness (QED) is 0.449. The van der Waals surface area contributed by atoms with E-state index in [1.165, 1.54) is 0 Å². The second-order valence-corrected chi connectivity index (χ2v) is 7.06. The Morgan fingerprint density at radius 1 is 0.833 bits per heavy atom. The van der Waals surface area contributed by atoms with Crippen molar-refractivity contribution in [3.63, 3.8) is 0 Å². The number of hydrogen-bond acceptors (Lipinski definition) is 4. The van der Waals surface area contributed by atoms with Crippen molar-refractivity contribution in [2.75, 3.05) is 7.11 Å². The fourth-order valence-corrected chi connectivity index (χ4v) is 3.34. The number of ether oxygens (including phenoxy) is 2. The second-order valence-electron chi connectivity index (χ2n) is 7.06. The van der Waals surface area contributed by atoms with Crippen LogP contribution in [0.2, 0.25) is 0 Å². The van der Waals surface area contributed by atoms with E-state index in [1.54, 1.807) is 31.4 Å². The minimum absolute atomic E-state index is 0.228. The molecule has 0 aliphatic carbocycles. The van der Waals surface area contributed by atoms with Gasteiger partial charge >= 0.3 is 5.97 Å². The summed E-state index contributed by atoms with van der Waals surface area (Å²) >= 11 is 0. The van der Waals surface area contributed by atoms with Crippen LogP contribution in [0.3, 0.4) is 0 Å². The van der Waals surface area contributed by atoms with Gasteiger partial charge in [-0.2, -0.15) is 0 Å². The van der Waals surface area contributed by atoms with E-state index in [0.29, 0.717) is 11.1 Å². The molecule has 1 unspecified atom stereocenters.